The fraction of sp³-hybridized carbons (Fsp3) is 0.182. The number of rotatable bonds is 5. The molecule has 1 amide bonds. The van der Waals surface area contributed by atoms with Crippen molar-refractivity contribution in [2.75, 3.05) is 0 Å². The minimum atomic E-state index is -0.444. The Hall–Kier alpha value is -3.39. The highest BCUT2D eigenvalue weighted by molar-refractivity contribution is 8.18. The van der Waals surface area contributed by atoms with Crippen LogP contribution in [0.1, 0.15) is 36.5 Å². The minimum Gasteiger partial charge on any atom is -0.508 e. The number of amides is 1. The van der Waals surface area contributed by atoms with Gasteiger partial charge in [-0.2, -0.15) is 0 Å². The minimum absolute atomic E-state index is 0.00157. The van der Waals surface area contributed by atoms with Gasteiger partial charge in [-0.1, -0.05) is 32.1 Å². The van der Waals surface area contributed by atoms with Crippen molar-refractivity contribution in [2.24, 2.45) is 4.99 Å². The Balaban J connectivity index is 1.82. The Morgan fingerprint density at radius 1 is 1.27 bits per heavy atom. The summed E-state index contributed by atoms with van der Waals surface area (Å²) in [5, 5.41) is 24.3. The Morgan fingerprint density at radius 3 is 2.70 bits per heavy atom. The molecule has 1 fully saturated rings. The van der Waals surface area contributed by atoms with Crippen molar-refractivity contribution >= 4 is 40.3 Å². The molecule has 30 heavy (non-hydrogen) atoms. The van der Waals surface area contributed by atoms with Gasteiger partial charge in [-0.25, -0.2) is 4.99 Å². The van der Waals surface area contributed by atoms with Crippen LogP contribution in [0.4, 0.5) is 11.4 Å². The number of aromatic hydroxyl groups is 1. The summed E-state index contributed by atoms with van der Waals surface area (Å²) in [6.45, 7) is 5.81. The van der Waals surface area contributed by atoms with Crippen LogP contribution in [-0.2, 0) is 4.79 Å². The van der Waals surface area contributed by atoms with Gasteiger partial charge in [0.2, 0.25) is 0 Å². The van der Waals surface area contributed by atoms with E-state index in [1.807, 2.05) is 26.8 Å². The number of thioether (sulfide) groups is 1. The number of amidine groups is 1. The van der Waals surface area contributed by atoms with Crippen molar-refractivity contribution in [1.29, 1.82) is 0 Å². The van der Waals surface area contributed by atoms with Gasteiger partial charge in [-0.15, -0.1) is 0 Å². The lowest BCUT2D eigenvalue weighted by atomic mass is 9.99. The number of nitro groups is 1. The number of benzene rings is 2. The number of hydrogen-bond acceptors (Lipinski definition) is 6. The molecule has 0 aromatic heterocycles. The quantitative estimate of drug-likeness (QED) is 0.392. The monoisotopic (exact) mass is 423 g/mol. The fourth-order valence-corrected chi connectivity index (χ4v) is 3.71. The molecule has 0 saturated carbocycles. The number of phenols is 1. The van der Waals surface area contributed by atoms with E-state index in [2.05, 4.69) is 10.3 Å². The molecule has 2 aromatic rings. The number of nitro benzene ring substituents is 1. The number of aliphatic imine (C=N–C) groups is 1. The van der Waals surface area contributed by atoms with Crippen molar-refractivity contribution in [1.82, 2.24) is 5.32 Å². The molecule has 1 saturated heterocycles. The van der Waals surface area contributed by atoms with Crippen molar-refractivity contribution in [3.8, 4) is 5.75 Å². The first-order valence-corrected chi connectivity index (χ1v) is 10.1. The molecule has 1 aliphatic rings. The Kier molecular flexibility index (Phi) is 6.37. The third kappa shape index (κ3) is 4.77. The van der Waals surface area contributed by atoms with Gasteiger partial charge >= 0.3 is 0 Å². The molecule has 0 bridgehead atoms. The van der Waals surface area contributed by atoms with Gasteiger partial charge < -0.3 is 10.4 Å². The largest absolute Gasteiger partial charge is 0.508 e. The smallest absolute Gasteiger partial charge is 0.276 e. The summed E-state index contributed by atoms with van der Waals surface area (Å²) in [7, 11) is 0. The third-order valence-corrected chi connectivity index (χ3v) is 5.43. The first kappa shape index (κ1) is 21.3. The molecule has 0 atom stereocenters. The second-order valence-electron chi connectivity index (χ2n) is 7.03. The van der Waals surface area contributed by atoms with Crippen LogP contribution in [0.5, 0.6) is 5.75 Å². The van der Waals surface area contributed by atoms with Crippen LogP contribution < -0.4 is 5.32 Å². The molecule has 8 heteroatoms. The first-order chi connectivity index (χ1) is 14.3. The van der Waals surface area contributed by atoms with E-state index in [1.165, 1.54) is 17.8 Å². The zero-order valence-corrected chi connectivity index (χ0v) is 17.6. The highest BCUT2D eigenvalue weighted by atomic mass is 32.2. The number of hydrogen-bond donors (Lipinski definition) is 2. The van der Waals surface area contributed by atoms with E-state index in [0.29, 0.717) is 21.3 Å². The second kappa shape index (κ2) is 8.96. The molecule has 1 heterocycles. The summed E-state index contributed by atoms with van der Waals surface area (Å²) in [6.07, 6.45) is 4.80. The molecule has 2 aromatic carbocycles. The fourth-order valence-electron chi connectivity index (χ4n) is 2.92. The molecule has 7 nitrogen and oxygen atoms in total. The van der Waals surface area contributed by atoms with E-state index in [-0.39, 0.29) is 23.3 Å². The summed E-state index contributed by atoms with van der Waals surface area (Å²) in [5.41, 5.74) is 2.72. The topological polar surface area (TPSA) is 105 Å². The lowest BCUT2D eigenvalue weighted by Crippen LogP contribution is -2.19. The predicted octanol–water partition coefficient (Wildman–Crippen LogP) is 5.18. The van der Waals surface area contributed by atoms with E-state index < -0.39 is 4.92 Å². The van der Waals surface area contributed by atoms with Crippen molar-refractivity contribution in [3.63, 3.8) is 0 Å². The standard InChI is InChI=1S/C22H21N3O4S/c1-13(2)16-12-17(14(3)11-19(16)26)23-22-24-21(27)20(30-22)10-6-8-15-7-4-5-9-18(15)25(28)29/h4-13,26H,1-3H3,(H,23,24,27). The number of nitrogens with one attached hydrogen (secondary N) is 1. The summed E-state index contributed by atoms with van der Waals surface area (Å²) >= 11 is 1.19. The summed E-state index contributed by atoms with van der Waals surface area (Å²) in [5.74, 6) is 0.0831. The Labute approximate surface area is 178 Å². The molecule has 3 rings (SSSR count). The van der Waals surface area contributed by atoms with Crippen LogP contribution in [0.3, 0.4) is 0 Å². The van der Waals surface area contributed by atoms with E-state index in [9.17, 15) is 20.0 Å². The molecule has 0 spiro atoms. The molecular formula is C22H21N3O4S. The molecule has 2 N–H and O–H groups in total. The summed E-state index contributed by atoms with van der Waals surface area (Å²) < 4.78 is 0. The SMILES string of the molecule is Cc1cc(O)c(C(C)C)cc1N=C1NC(=O)C(=CC=Cc2ccccc2[N+](=O)[O-])S1. The van der Waals surface area contributed by atoms with Crippen LogP contribution >= 0.6 is 11.8 Å². The lowest BCUT2D eigenvalue weighted by molar-refractivity contribution is -0.385. The number of carbonyl (C=O) groups is 1. The number of aryl methyl sites for hydroxylation is 1. The first-order valence-electron chi connectivity index (χ1n) is 9.29. The van der Waals surface area contributed by atoms with Crippen molar-refractivity contribution < 1.29 is 14.8 Å². The van der Waals surface area contributed by atoms with E-state index in [4.69, 9.17) is 0 Å². The van der Waals surface area contributed by atoms with E-state index >= 15 is 0 Å². The van der Waals surface area contributed by atoms with Crippen LogP contribution in [0.25, 0.3) is 6.08 Å². The number of allylic oxidation sites excluding steroid dienone is 2. The van der Waals surface area contributed by atoms with Crippen molar-refractivity contribution in [2.45, 2.75) is 26.7 Å². The van der Waals surface area contributed by atoms with E-state index in [0.717, 1.165) is 11.1 Å². The van der Waals surface area contributed by atoms with Gasteiger partial charge in [0.25, 0.3) is 11.6 Å². The molecule has 0 radical (unpaired) electrons. The number of carbonyl (C=O) groups excluding carboxylic acids is 1. The van der Waals surface area contributed by atoms with Gasteiger partial charge in [-0.05, 0) is 66.1 Å². The van der Waals surface area contributed by atoms with Gasteiger partial charge in [0.15, 0.2) is 5.17 Å². The van der Waals surface area contributed by atoms with Gasteiger partial charge in [-0.3, -0.25) is 14.9 Å². The molecule has 0 aliphatic carbocycles. The van der Waals surface area contributed by atoms with Gasteiger partial charge in [0.1, 0.15) is 5.75 Å². The average Bonchev–Trinajstić information content (AvgIpc) is 3.03. The zero-order chi connectivity index (χ0) is 21.8. The highest BCUT2D eigenvalue weighted by Crippen LogP contribution is 2.34. The maximum atomic E-state index is 12.2. The van der Waals surface area contributed by atoms with Crippen molar-refractivity contribution in [3.05, 3.63) is 80.3 Å². The van der Waals surface area contributed by atoms with Crippen LogP contribution in [0.15, 0.2) is 58.4 Å². The number of para-hydroxylation sites is 1. The summed E-state index contributed by atoms with van der Waals surface area (Å²) in [4.78, 5) is 27.8. The van der Waals surface area contributed by atoms with Gasteiger partial charge in [0, 0.05) is 6.07 Å². The predicted molar refractivity (Wildman–Crippen MR) is 120 cm³/mol. The Bertz CT molecular complexity index is 1100. The summed E-state index contributed by atoms with van der Waals surface area (Å²) in [6, 6.07) is 9.88. The van der Waals surface area contributed by atoms with Crippen LogP contribution in [0.2, 0.25) is 0 Å². The number of phenolic OH excluding ortho intramolecular Hbond substituents is 1. The maximum Gasteiger partial charge on any atom is 0.276 e. The lowest BCUT2D eigenvalue weighted by Gasteiger charge is -2.11. The van der Waals surface area contributed by atoms with Gasteiger partial charge in [0.05, 0.1) is 21.1 Å². The number of nitrogens with zero attached hydrogens (tertiary/aromatic N) is 2. The zero-order valence-electron chi connectivity index (χ0n) is 16.7. The molecule has 154 valence electrons. The molecule has 0 unspecified atom stereocenters. The van der Waals surface area contributed by atoms with E-state index in [1.54, 1.807) is 42.5 Å². The maximum absolute atomic E-state index is 12.2. The van der Waals surface area contributed by atoms with Crippen LogP contribution in [0, 0.1) is 17.0 Å². The Morgan fingerprint density at radius 2 is 2.00 bits per heavy atom. The van der Waals surface area contributed by atoms with Crippen LogP contribution in [-0.4, -0.2) is 21.1 Å². The second-order valence-corrected chi connectivity index (χ2v) is 8.06. The average molecular weight is 423 g/mol. The highest BCUT2D eigenvalue weighted by Gasteiger charge is 2.23. The molecule has 1 aliphatic heterocycles. The molecular weight excluding hydrogens is 402 g/mol. The normalized spacial score (nSPS) is 16.7. The third-order valence-electron chi connectivity index (χ3n) is 4.50.